The van der Waals surface area contributed by atoms with Gasteiger partial charge in [-0.25, -0.2) is 0 Å². The standard InChI is InChI=1S/C11H17ClN2O2/c1-7(2)9-6-10(14-16-9)13-11(15)8(3)4-5-12/h6-8H,4-5H2,1-3H3,(H,13,14,15). The van der Waals surface area contributed by atoms with Gasteiger partial charge in [0.25, 0.3) is 0 Å². The number of carbonyl (C=O) groups is 1. The predicted molar refractivity (Wildman–Crippen MR) is 63.7 cm³/mol. The Morgan fingerprint density at radius 2 is 2.25 bits per heavy atom. The number of anilines is 1. The minimum absolute atomic E-state index is 0.0794. The Hall–Kier alpha value is -1.03. The van der Waals surface area contributed by atoms with Crippen LogP contribution in [0, 0.1) is 5.92 Å². The molecule has 5 heteroatoms. The molecule has 1 aromatic rings. The molecule has 0 aliphatic carbocycles. The molecule has 0 spiro atoms. The summed E-state index contributed by atoms with van der Waals surface area (Å²) >= 11 is 5.57. The molecule has 4 nitrogen and oxygen atoms in total. The second-order valence-electron chi connectivity index (χ2n) is 4.14. The maximum absolute atomic E-state index is 11.6. The third-order valence-electron chi connectivity index (χ3n) is 2.34. The van der Waals surface area contributed by atoms with Crippen LogP contribution in [0.3, 0.4) is 0 Å². The zero-order valence-electron chi connectivity index (χ0n) is 9.79. The number of aromatic nitrogens is 1. The van der Waals surface area contributed by atoms with Gasteiger partial charge in [-0.3, -0.25) is 4.79 Å². The van der Waals surface area contributed by atoms with Crippen LogP contribution in [0.4, 0.5) is 5.82 Å². The van der Waals surface area contributed by atoms with Crippen molar-refractivity contribution in [3.63, 3.8) is 0 Å². The molecule has 0 bridgehead atoms. The van der Waals surface area contributed by atoms with Crippen molar-refractivity contribution in [3.05, 3.63) is 11.8 Å². The fourth-order valence-electron chi connectivity index (χ4n) is 1.16. The molecule has 0 saturated heterocycles. The normalized spacial score (nSPS) is 12.8. The van der Waals surface area contributed by atoms with Crippen LogP contribution in [0.15, 0.2) is 10.6 Å². The highest BCUT2D eigenvalue weighted by Gasteiger charge is 2.15. The Balaban J connectivity index is 2.56. The van der Waals surface area contributed by atoms with Gasteiger partial charge in [0.15, 0.2) is 5.82 Å². The lowest BCUT2D eigenvalue weighted by molar-refractivity contribution is -0.119. The molecule has 0 aromatic carbocycles. The summed E-state index contributed by atoms with van der Waals surface area (Å²) in [6.45, 7) is 5.84. The minimum Gasteiger partial charge on any atom is -0.359 e. The molecule has 0 aliphatic heterocycles. The molecule has 90 valence electrons. The molecular weight excluding hydrogens is 228 g/mol. The molecule has 0 fully saturated rings. The number of nitrogens with zero attached hydrogens (tertiary/aromatic N) is 1. The van der Waals surface area contributed by atoms with Crippen molar-refractivity contribution >= 4 is 23.3 Å². The zero-order chi connectivity index (χ0) is 12.1. The molecule has 1 atom stereocenters. The predicted octanol–water partition coefficient (Wildman–Crippen LogP) is 3.00. The summed E-state index contributed by atoms with van der Waals surface area (Å²) in [5.41, 5.74) is 0. The number of amides is 1. The van der Waals surface area contributed by atoms with Crippen LogP contribution in [0.5, 0.6) is 0 Å². The van der Waals surface area contributed by atoms with E-state index >= 15 is 0 Å². The van der Waals surface area contributed by atoms with Gasteiger partial charge in [0.1, 0.15) is 5.76 Å². The summed E-state index contributed by atoms with van der Waals surface area (Å²) in [7, 11) is 0. The Labute approximate surface area is 100 Å². The molecule has 1 heterocycles. The highest BCUT2D eigenvalue weighted by atomic mass is 35.5. The van der Waals surface area contributed by atoms with Crippen molar-refractivity contribution in [1.29, 1.82) is 0 Å². The topological polar surface area (TPSA) is 55.1 Å². The minimum atomic E-state index is -0.114. The van der Waals surface area contributed by atoms with Crippen LogP contribution in [0.2, 0.25) is 0 Å². The van der Waals surface area contributed by atoms with E-state index in [-0.39, 0.29) is 17.7 Å². The average Bonchev–Trinajstić information content (AvgIpc) is 2.66. The largest absolute Gasteiger partial charge is 0.359 e. The van der Waals surface area contributed by atoms with E-state index in [9.17, 15) is 4.79 Å². The SMILES string of the molecule is CC(CCCl)C(=O)Nc1cc(C(C)C)on1. The monoisotopic (exact) mass is 244 g/mol. The summed E-state index contributed by atoms with van der Waals surface area (Å²) < 4.78 is 5.08. The van der Waals surface area contributed by atoms with E-state index in [1.165, 1.54) is 0 Å². The van der Waals surface area contributed by atoms with Crippen LogP contribution < -0.4 is 5.32 Å². The van der Waals surface area contributed by atoms with Crippen LogP contribution >= 0.6 is 11.6 Å². The summed E-state index contributed by atoms with van der Waals surface area (Å²) in [6.07, 6.45) is 0.655. The second kappa shape index (κ2) is 5.89. The molecule has 1 unspecified atom stereocenters. The molecule has 1 aromatic heterocycles. The van der Waals surface area contributed by atoms with Gasteiger partial charge in [-0.2, -0.15) is 0 Å². The van der Waals surface area contributed by atoms with Crippen LogP contribution in [0.25, 0.3) is 0 Å². The third kappa shape index (κ3) is 3.52. The molecular formula is C11H17ClN2O2. The van der Waals surface area contributed by atoms with E-state index in [1.807, 2.05) is 20.8 Å². The number of hydrogen-bond donors (Lipinski definition) is 1. The smallest absolute Gasteiger partial charge is 0.228 e. The highest BCUT2D eigenvalue weighted by molar-refractivity contribution is 6.18. The van der Waals surface area contributed by atoms with Crippen molar-refractivity contribution < 1.29 is 9.32 Å². The highest BCUT2D eigenvalue weighted by Crippen LogP contribution is 2.18. The van der Waals surface area contributed by atoms with Gasteiger partial charge in [0.2, 0.25) is 5.91 Å². The maximum atomic E-state index is 11.6. The fourth-order valence-corrected chi connectivity index (χ4v) is 1.49. The Bertz CT molecular complexity index is 350. The van der Waals surface area contributed by atoms with E-state index in [0.29, 0.717) is 18.1 Å². The van der Waals surface area contributed by atoms with Crippen LogP contribution in [0.1, 0.15) is 38.9 Å². The number of alkyl halides is 1. The first-order valence-corrected chi connectivity index (χ1v) is 5.91. The average molecular weight is 245 g/mol. The first-order chi connectivity index (χ1) is 7.54. The lowest BCUT2D eigenvalue weighted by Gasteiger charge is -2.07. The van der Waals surface area contributed by atoms with Gasteiger partial charge in [-0.15, -0.1) is 11.6 Å². The first-order valence-electron chi connectivity index (χ1n) is 5.38. The number of hydrogen-bond acceptors (Lipinski definition) is 3. The van der Waals surface area contributed by atoms with Crippen molar-refractivity contribution in [3.8, 4) is 0 Å². The van der Waals surface area contributed by atoms with Crippen molar-refractivity contribution in [2.45, 2.75) is 33.1 Å². The number of rotatable bonds is 5. The van der Waals surface area contributed by atoms with Gasteiger partial charge in [0, 0.05) is 23.8 Å². The lowest BCUT2D eigenvalue weighted by Crippen LogP contribution is -2.20. The molecule has 1 amide bonds. The van der Waals surface area contributed by atoms with Gasteiger partial charge in [-0.05, 0) is 6.42 Å². The summed E-state index contributed by atoms with van der Waals surface area (Å²) in [5, 5.41) is 6.48. The van der Waals surface area contributed by atoms with Crippen LogP contribution in [-0.4, -0.2) is 16.9 Å². The zero-order valence-corrected chi connectivity index (χ0v) is 10.5. The van der Waals surface area contributed by atoms with Gasteiger partial charge in [-0.1, -0.05) is 25.9 Å². The Morgan fingerprint density at radius 1 is 1.56 bits per heavy atom. The van der Waals surface area contributed by atoms with Gasteiger partial charge >= 0.3 is 0 Å². The first kappa shape index (κ1) is 13.0. The van der Waals surface area contributed by atoms with E-state index in [4.69, 9.17) is 16.1 Å². The molecule has 1 rings (SSSR count). The third-order valence-corrected chi connectivity index (χ3v) is 2.56. The van der Waals surface area contributed by atoms with E-state index in [0.717, 1.165) is 5.76 Å². The molecule has 0 radical (unpaired) electrons. The quantitative estimate of drug-likeness (QED) is 0.810. The summed E-state index contributed by atoms with van der Waals surface area (Å²) in [4.78, 5) is 11.6. The second-order valence-corrected chi connectivity index (χ2v) is 4.52. The number of nitrogens with one attached hydrogen (secondary N) is 1. The molecule has 16 heavy (non-hydrogen) atoms. The Kier molecular flexibility index (Phi) is 4.80. The van der Waals surface area contributed by atoms with E-state index < -0.39 is 0 Å². The number of carbonyl (C=O) groups excluding carboxylic acids is 1. The van der Waals surface area contributed by atoms with Crippen molar-refractivity contribution in [2.75, 3.05) is 11.2 Å². The lowest BCUT2D eigenvalue weighted by atomic mass is 10.1. The summed E-state index contributed by atoms with van der Waals surface area (Å²) in [5.74, 6) is 1.78. The number of halogens is 1. The van der Waals surface area contributed by atoms with Crippen molar-refractivity contribution in [2.24, 2.45) is 5.92 Å². The van der Waals surface area contributed by atoms with Gasteiger partial charge < -0.3 is 9.84 Å². The fraction of sp³-hybridized carbons (Fsp3) is 0.636. The molecule has 1 N–H and O–H groups in total. The molecule has 0 saturated carbocycles. The maximum Gasteiger partial charge on any atom is 0.228 e. The Morgan fingerprint density at radius 3 is 2.75 bits per heavy atom. The van der Waals surface area contributed by atoms with Gasteiger partial charge in [0.05, 0.1) is 0 Å². The van der Waals surface area contributed by atoms with Crippen molar-refractivity contribution in [1.82, 2.24) is 5.16 Å². The molecule has 0 aliphatic rings. The van der Waals surface area contributed by atoms with Crippen LogP contribution in [-0.2, 0) is 4.79 Å². The van der Waals surface area contributed by atoms with E-state index in [2.05, 4.69) is 10.5 Å². The van der Waals surface area contributed by atoms with E-state index in [1.54, 1.807) is 6.07 Å². The summed E-state index contributed by atoms with van der Waals surface area (Å²) in [6, 6.07) is 1.75.